The fourth-order valence-corrected chi connectivity index (χ4v) is 3.09. The van der Waals surface area contributed by atoms with Gasteiger partial charge in [0.05, 0.1) is 35.6 Å². The molecule has 1 aromatic heterocycles. The highest BCUT2D eigenvalue weighted by atomic mass is 16.5. The Labute approximate surface area is 149 Å². The van der Waals surface area contributed by atoms with Crippen molar-refractivity contribution in [2.45, 2.75) is 0 Å². The van der Waals surface area contributed by atoms with E-state index < -0.39 is 11.1 Å². The zero-order valence-corrected chi connectivity index (χ0v) is 15.1. The van der Waals surface area contributed by atoms with Gasteiger partial charge in [0, 0.05) is 34.3 Å². The molecule has 0 atom stereocenters. The summed E-state index contributed by atoms with van der Waals surface area (Å²) in [7, 11) is 4.56. The first-order chi connectivity index (χ1) is 12.4. The van der Waals surface area contributed by atoms with E-state index in [1.165, 1.54) is 16.2 Å². The van der Waals surface area contributed by atoms with Crippen LogP contribution < -0.4 is 21.3 Å². The molecule has 140 valence electrons. The van der Waals surface area contributed by atoms with Gasteiger partial charge in [0.1, 0.15) is 6.61 Å². The summed E-state index contributed by atoms with van der Waals surface area (Å²) in [6.07, 6.45) is 0. The molecule has 1 saturated heterocycles. The topological polar surface area (TPSA) is 94.8 Å². The van der Waals surface area contributed by atoms with Gasteiger partial charge in [0.25, 0.3) is 0 Å². The molecule has 2 aromatic rings. The molecule has 3 rings (SSSR count). The normalized spacial score (nSPS) is 14.7. The van der Waals surface area contributed by atoms with Gasteiger partial charge in [-0.2, -0.15) is 0 Å². The first-order valence-electron chi connectivity index (χ1n) is 8.29. The van der Waals surface area contributed by atoms with E-state index in [1.807, 2.05) is 6.07 Å². The first kappa shape index (κ1) is 18.2. The van der Waals surface area contributed by atoms with Gasteiger partial charge in [-0.25, -0.2) is 0 Å². The minimum atomic E-state index is -0.617. The molecule has 26 heavy (non-hydrogen) atoms. The summed E-state index contributed by atoms with van der Waals surface area (Å²) in [4.78, 5) is 38.4. The van der Waals surface area contributed by atoms with Crippen LogP contribution in [-0.4, -0.2) is 55.1 Å². The molecule has 2 heterocycles. The summed E-state index contributed by atoms with van der Waals surface area (Å²) >= 11 is 0. The van der Waals surface area contributed by atoms with E-state index in [1.54, 1.807) is 20.2 Å². The molecule has 0 radical (unpaired) electrons. The fourth-order valence-electron chi connectivity index (χ4n) is 3.09. The second-order valence-electron chi connectivity index (χ2n) is 6.17. The summed E-state index contributed by atoms with van der Waals surface area (Å²) in [5, 5.41) is 2.83. The van der Waals surface area contributed by atoms with Crippen molar-refractivity contribution < 1.29 is 14.3 Å². The van der Waals surface area contributed by atoms with Crippen LogP contribution in [-0.2, 0) is 28.4 Å². The lowest BCUT2D eigenvalue weighted by atomic mass is 10.1. The molecule has 1 amide bonds. The van der Waals surface area contributed by atoms with E-state index >= 15 is 0 Å². The van der Waals surface area contributed by atoms with Crippen molar-refractivity contribution in [1.29, 1.82) is 0 Å². The number of rotatable bonds is 4. The van der Waals surface area contributed by atoms with Crippen LogP contribution in [0, 0.1) is 0 Å². The Morgan fingerprint density at radius 3 is 2.27 bits per heavy atom. The number of hydrogen-bond donors (Lipinski definition) is 1. The molecular weight excluding hydrogens is 340 g/mol. The number of benzene rings is 1. The SMILES string of the molecule is COCC(=O)Nc1cc2c(cc1N1CCOCC1)n(C)c(=O)c(=O)n2C. The van der Waals surface area contributed by atoms with Crippen molar-refractivity contribution in [2.75, 3.05) is 50.2 Å². The third kappa shape index (κ3) is 3.23. The summed E-state index contributed by atoms with van der Waals surface area (Å²) in [6.45, 7) is 2.41. The predicted molar refractivity (Wildman–Crippen MR) is 98.0 cm³/mol. The number of nitrogens with zero attached hydrogens (tertiary/aromatic N) is 3. The minimum absolute atomic E-state index is 0.0766. The lowest BCUT2D eigenvalue weighted by Crippen LogP contribution is -2.40. The number of methoxy groups -OCH3 is 1. The van der Waals surface area contributed by atoms with Gasteiger partial charge in [-0.05, 0) is 12.1 Å². The molecule has 1 aliphatic rings. The van der Waals surface area contributed by atoms with E-state index in [4.69, 9.17) is 9.47 Å². The van der Waals surface area contributed by atoms with E-state index in [9.17, 15) is 14.4 Å². The lowest BCUT2D eigenvalue weighted by Gasteiger charge is -2.31. The maximum atomic E-state index is 12.1. The van der Waals surface area contributed by atoms with Gasteiger partial charge >= 0.3 is 11.1 Å². The van der Waals surface area contributed by atoms with Crippen LogP contribution in [0.2, 0.25) is 0 Å². The molecule has 0 unspecified atom stereocenters. The van der Waals surface area contributed by atoms with Crippen molar-refractivity contribution in [3.05, 3.63) is 32.8 Å². The third-order valence-electron chi connectivity index (χ3n) is 4.51. The largest absolute Gasteiger partial charge is 0.378 e. The summed E-state index contributed by atoms with van der Waals surface area (Å²) in [5.74, 6) is -0.295. The number of amides is 1. The first-order valence-corrected chi connectivity index (χ1v) is 8.29. The number of carbonyl (C=O) groups is 1. The molecular formula is C17H22N4O5. The monoisotopic (exact) mass is 362 g/mol. The van der Waals surface area contributed by atoms with Crippen molar-refractivity contribution in [1.82, 2.24) is 9.13 Å². The second kappa shape index (κ2) is 7.30. The summed E-state index contributed by atoms with van der Waals surface area (Å²) in [6, 6.07) is 3.54. The number of anilines is 2. The zero-order chi connectivity index (χ0) is 18.8. The molecule has 1 aliphatic heterocycles. The molecule has 1 N–H and O–H groups in total. The molecule has 1 aromatic carbocycles. The highest BCUT2D eigenvalue weighted by Crippen LogP contribution is 2.31. The summed E-state index contributed by atoms with van der Waals surface area (Å²) in [5.41, 5.74) is 1.30. The van der Waals surface area contributed by atoms with E-state index in [0.29, 0.717) is 43.0 Å². The maximum Gasteiger partial charge on any atom is 0.316 e. The van der Waals surface area contributed by atoms with E-state index in [-0.39, 0.29) is 12.5 Å². The average Bonchev–Trinajstić information content (AvgIpc) is 2.65. The van der Waals surface area contributed by atoms with Gasteiger partial charge in [0.15, 0.2) is 0 Å². The smallest absolute Gasteiger partial charge is 0.316 e. The number of aryl methyl sites for hydroxylation is 2. The Bertz CT molecular complexity index is 956. The second-order valence-corrected chi connectivity index (χ2v) is 6.17. The van der Waals surface area contributed by atoms with Crippen molar-refractivity contribution in [2.24, 2.45) is 14.1 Å². The Morgan fingerprint density at radius 2 is 1.69 bits per heavy atom. The van der Waals surface area contributed by atoms with E-state index in [2.05, 4.69) is 10.2 Å². The minimum Gasteiger partial charge on any atom is -0.378 e. The molecule has 9 heteroatoms. The van der Waals surface area contributed by atoms with Crippen LogP contribution in [0.4, 0.5) is 11.4 Å². The fraction of sp³-hybridized carbons (Fsp3) is 0.471. The molecule has 0 bridgehead atoms. The number of carbonyl (C=O) groups excluding carboxylic acids is 1. The summed E-state index contributed by atoms with van der Waals surface area (Å²) < 4.78 is 12.9. The van der Waals surface area contributed by atoms with Crippen LogP contribution in [0.25, 0.3) is 11.0 Å². The zero-order valence-electron chi connectivity index (χ0n) is 15.1. The van der Waals surface area contributed by atoms with Crippen molar-refractivity contribution in [3.63, 3.8) is 0 Å². The van der Waals surface area contributed by atoms with Crippen LogP contribution in [0.15, 0.2) is 21.7 Å². The lowest BCUT2D eigenvalue weighted by molar-refractivity contribution is -0.119. The molecule has 0 spiro atoms. The van der Waals surface area contributed by atoms with Crippen molar-refractivity contribution in [3.8, 4) is 0 Å². The average molecular weight is 362 g/mol. The van der Waals surface area contributed by atoms with Gasteiger partial charge in [-0.15, -0.1) is 0 Å². The van der Waals surface area contributed by atoms with Gasteiger partial charge in [-0.1, -0.05) is 0 Å². The predicted octanol–water partition coefficient (Wildman–Crippen LogP) is -0.341. The Kier molecular flexibility index (Phi) is 5.10. The van der Waals surface area contributed by atoms with Crippen molar-refractivity contribution >= 4 is 28.3 Å². The molecule has 9 nitrogen and oxygen atoms in total. The van der Waals surface area contributed by atoms with Gasteiger partial charge < -0.3 is 28.8 Å². The van der Waals surface area contributed by atoms with Crippen LogP contribution in [0.3, 0.4) is 0 Å². The number of fused-ring (bicyclic) bond motifs is 1. The number of ether oxygens (including phenoxy) is 2. The van der Waals surface area contributed by atoms with Crippen LogP contribution in [0.5, 0.6) is 0 Å². The quantitative estimate of drug-likeness (QED) is 0.748. The Hall–Kier alpha value is -2.65. The number of nitrogens with one attached hydrogen (secondary N) is 1. The van der Waals surface area contributed by atoms with Gasteiger partial charge in [0.2, 0.25) is 5.91 Å². The van der Waals surface area contributed by atoms with Gasteiger partial charge in [-0.3, -0.25) is 14.4 Å². The molecule has 0 saturated carbocycles. The maximum absolute atomic E-state index is 12.1. The Morgan fingerprint density at radius 1 is 1.12 bits per heavy atom. The highest BCUT2D eigenvalue weighted by Gasteiger charge is 2.19. The van der Waals surface area contributed by atoms with E-state index in [0.717, 1.165) is 5.69 Å². The highest BCUT2D eigenvalue weighted by molar-refractivity contribution is 5.99. The number of hydrogen-bond acceptors (Lipinski definition) is 6. The third-order valence-corrected chi connectivity index (χ3v) is 4.51. The van der Waals surface area contributed by atoms with Crippen LogP contribution >= 0.6 is 0 Å². The van der Waals surface area contributed by atoms with Crippen LogP contribution in [0.1, 0.15) is 0 Å². The standard InChI is InChI=1S/C17H22N4O5/c1-19-13-8-11(18-15(22)10-25-3)12(21-4-6-26-7-5-21)9-14(13)20(2)17(24)16(19)23/h8-9H,4-7,10H2,1-3H3,(H,18,22). The molecule has 1 fully saturated rings. The number of aromatic nitrogens is 2. The Balaban J connectivity index is 2.22. The molecule has 0 aliphatic carbocycles. The number of morpholine rings is 1.